The van der Waals surface area contributed by atoms with Crippen LogP contribution in [0, 0.1) is 17.8 Å². The second-order valence-corrected chi connectivity index (χ2v) is 9.13. The van der Waals surface area contributed by atoms with Gasteiger partial charge in [-0.05, 0) is 79.5 Å². The second-order valence-electron chi connectivity index (χ2n) is 9.13. The number of nitrogens with one attached hydrogen (secondary N) is 1. The van der Waals surface area contributed by atoms with Crippen molar-refractivity contribution in [2.45, 2.75) is 44.1 Å². The molecule has 4 bridgehead atoms. The van der Waals surface area contributed by atoms with E-state index >= 15 is 0 Å². The molecule has 0 saturated heterocycles. The molecule has 4 aliphatic carbocycles. The van der Waals surface area contributed by atoms with Crippen LogP contribution in [-0.2, 0) is 0 Å². The van der Waals surface area contributed by atoms with E-state index in [0.29, 0.717) is 5.96 Å². The molecule has 0 aromatic heterocycles. The van der Waals surface area contributed by atoms with Crippen LogP contribution in [0.2, 0.25) is 0 Å². The highest BCUT2D eigenvalue weighted by Crippen LogP contribution is 2.57. The minimum Gasteiger partial charge on any atom is -0.370 e. The predicted molar refractivity (Wildman–Crippen MR) is 118 cm³/mol. The summed E-state index contributed by atoms with van der Waals surface area (Å²) in [6.07, 6.45) is 12.3. The third kappa shape index (κ3) is 3.71. The van der Waals surface area contributed by atoms with Crippen LogP contribution in [0.15, 0.2) is 59.6 Å². The molecule has 0 radical (unpaired) electrons. The van der Waals surface area contributed by atoms with Crippen molar-refractivity contribution in [3.8, 4) is 0 Å². The lowest BCUT2D eigenvalue weighted by molar-refractivity contribution is 0.00164. The van der Waals surface area contributed by atoms with Gasteiger partial charge in [-0.25, -0.2) is 4.99 Å². The molecule has 28 heavy (non-hydrogen) atoms. The van der Waals surface area contributed by atoms with E-state index in [1.807, 2.05) is 6.07 Å². The highest BCUT2D eigenvalue weighted by molar-refractivity contribution is 5.92. The molecule has 0 atom stereocenters. The van der Waals surface area contributed by atoms with Crippen LogP contribution >= 0.6 is 0 Å². The maximum absolute atomic E-state index is 6.32. The van der Waals surface area contributed by atoms with Crippen molar-refractivity contribution in [3.63, 3.8) is 0 Å². The van der Waals surface area contributed by atoms with Gasteiger partial charge in [0.15, 0.2) is 5.96 Å². The van der Waals surface area contributed by atoms with E-state index in [1.165, 1.54) is 49.7 Å². The fourth-order valence-electron chi connectivity index (χ4n) is 6.07. The lowest BCUT2D eigenvalue weighted by atomic mass is 9.53. The normalized spacial score (nSPS) is 31.4. The number of guanidine groups is 1. The number of nitrogens with two attached hydrogens (primary N) is 1. The largest absolute Gasteiger partial charge is 0.370 e. The van der Waals surface area contributed by atoms with Gasteiger partial charge in [0.1, 0.15) is 0 Å². The first-order valence-electron chi connectivity index (χ1n) is 10.6. The summed E-state index contributed by atoms with van der Waals surface area (Å²) in [6.45, 7) is 0. The summed E-state index contributed by atoms with van der Waals surface area (Å²) in [4.78, 5) is 5.03. The van der Waals surface area contributed by atoms with Crippen molar-refractivity contribution < 1.29 is 0 Å². The Morgan fingerprint density at radius 3 is 1.93 bits per heavy atom. The van der Waals surface area contributed by atoms with Crippen LogP contribution in [0.3, 0.4) is 0 Å². The first-order chi connectivity index (χ1) is 13.7. The minimum atomic E-state index is 0.115. The van der Waals surface area contributed by atoms with Crippen molar-refractivity contribution in [2.24, 2.45) is 28.5 Å². The van der Waals surface area contributed by atoms with E-state index in [1.54, 1.807) is 0 Å². The van der Waals surface area contributed by atoms with Gasteiger partial charge >= 0.3 is 0 Å². The molecule has 0 heterocycles. The molecule has 3 N–H and O–H groups in total. The highest BCUT2D eigenvalue weighted by atomic mass is 15.1. The van der Waals surface area contributed by atoms with Crippen LogP contribution < -0.4 is 11.1 Å². The van der Waals surface area contributed by atoms with Gasteiger partial charge in [0.25, 0.3) is 0 Å². The third-order valence-corrected chi connectivity index (χ3v) is 6.81. The Labute approximate surface area is 167 Å². The number of hydrogen-bond donors (Lipinski definition) is 2. The van der Waals surface area contributed by atoms with Gasteiger partial charge in [0.05, 0.1) is 5.54 Å². The Bertz CT molecular complexity index is 844. The molecule has 4 fully saturated rings. The van der Waals surface area contributed by atoms with Gasteiger partial charge in [-0.15, -0.1) is 0 Å². The SMILES string of the molecule is NC(=NC12CC3CC(CC(C3)C1)C2)Nc1ccc(C=Cc2ccccc2)cc1. The van der Waals surface area contributed by atoms with Gasteiger partial charge in [-0.3, -0.25) is 0 Å². The Kier molecular flexibility index (Phi) is 4.46. The molecule has 3 heteroatoms. The summed E-state index contributed by atoms with van der Waals surface area (Å²) in [7, 11) is 0. The van der Waals surface area contributed by atoms with E-state index in [-0.39, 0.29) is 5.54 Å². The van der Waals surface area contributed by atoms with E-state index in [0.717, 1.165) is 23.4 Å². The summed E-state index contributed by atoms with van der Waals surface area (Å²) in [5.41, 5.74) is 9.82. The Morgan fingerprint density at radius 1 is 0.821 bits per heavy atom. The van der Waals surface area contributed by atoms with Crippen LogP contribution in [0.25, 0.3) is 12.2 Å². The number of benzene rings is 2. The summed E-state index contributed by atoms with van der Waals surface area (Å²) >= 11 is 0. The molecule has 0 aliphatic heterocycles. The number of rotatable bonds is 4. The second kappa shape index (κ2) is 7.12. The molecular weight excluding hydrogens is 342 g/mol. The van der Waals surface area contributed by atoms with Gasteiger partial charge in [0, 0.05) is 5.69 Å². The average molecular weight is 372 g/mol. The monoisotopic (exact) mass is 371 g/mol. The fourth-order valence-corrected chi connectivity index (χ4v) is 6.07. The molecular formula is C25H29N3. The summed E-state index contributed by atoms with van der Waals surface area (Å²) in [5.74, 6) is 3.24. The molecule has 0 amide bonds. The maximum atomic E-state index is 6.32. The van der Waals surface area contributed by atoms with Crippen molar-refractivity contribution in [2.75, 3.05) is 5.32 Å². The zero-order chi connectivity index (χ0) is 19.0. The Morgan fingerprint density at radius 2 is 1.36 bits per heavy atom. The summed E-state index contributed by atoms with van der Waals surface area (Å²) in [5, 5.41) is 3.32. The van der Waals surface area contributed by atoms with E-state index in [9.17, 15) is 0 Å². The summed E-state index contributed by atoms with van der Waals surface area (Å²) < 4.78 is 0. The topological polar surface area (TPSA) is 50.4 Å². The summed E-state index contributed by atoms with van der Waals surface area (Å²) in [6, 6.07) is 18.7. The van der Waals surface area contributed by atoms with Crippen molar-refractivity contribution >= 4 is 23.8 Å². The number of aliphatic imine (C=N–C) groups is 1. The molecule has 3 nitrogen and oxygen atoms in total. The Balaban J connectivity index is 1.25. The molecule has 2 aromatic rings. The van der Waals surface area contributed by atoms with Gasteiger partial charge in [0.2, 0.25) is 0 Å². The van der Waals surface area contributed by atoms with Gasteiger partial charge in [-0.1, -0.05) is 54.6 Å². The van der Waals surface area contributed by atoms with Crippen LogP contribution in [0.1, 0.15) is 49.7 Å². The maximum Gasteiger partial charge on any atom is 0.193 e. The molecule has 0 unspecified atom stereocenters. The van der Waals surface area contributed by atoms with Crippen molar-refractivity contribution in [3.05, 3.63) is 65.7 Å². The highest BCUT2D eigenvalue weighted by Gasteiger charge is 2.51. The molecule has 0 spiro atoms. The standard InChI is InChI=1S/C25H29N3/c26-24(28-25-15-20-12-21(16-25)14-22(13-20)17-25)27-23-10-8-19(9-11-23)7-6-18-4-2-1-3-5-18/h1-11,20-22H,12-17H2,(H3,26,27,28). The van der Waals surface area contributed by atoms with E-state index < -0.39 is 0 Å². The van der Waals surface area contributed by atoms with Gasteiger partial charge < -0.3 is 11.1 Å². The first-order valence-corrected chi connectivity index (χ1v) is 10.6. The van der Waals surface area contributed by atoms with Crippen molar-refractivity contribution in [1.82, 2.24) is 0 Å². The van der Waals surface area contributed by atoms with Crippen molar-refractivity contribution in [1.29, 1.82) is 0 Å². The van der Waals surface area contributed by atoms with Crippen LogP contribution in [0.5, 0.6) is 0 Å². The minimum absolute atomic E-state index is 0.115. The number of nitrogens with zero attached hydrogens (tertiary/aromatic N) is 1. The number of hydrogen-bond acceptors (Lipinski definition) is 1. The third-order valence-electron chi connectivity index (χ3n) is 6.81. The number of anilines is 1. The molecule has 144 valence electrons. The smallest absolute Gasteiger partial charge is 0.193 e. The molecule has 6 rings (SSSR count). The Hall–Kier alpha value is -2.55. The fraction of sp³-hybridized carbons (Fsp3) is 0.400. The van der Waals surface area contributed by atoms with Crippen LogP contribution in [0.4, 0.5) is 5.69 Å². The quantitative estimate of drug-likeness (QED) is 0.420. The van der Waals surface area contributed by atoms with E-state index in [2.05, 4.69) is 66.0 Å². The zero-order valence-electron chi connectivity index (χ0n) is 16.4. The molecule has 2 aromatic carbocycles. The lowest BCUT2D eigenvalue weighted by Gasteiger charge is -2.54. The predicted octanol–water partition coefficient (Wildman–Crippen LogP) is 5.55. The average Bonchev–Trinajstić information content (AvgIpc) is 2.67. The van der Waals surface area contributed by atoms with E-state index in [4.69, 9.17) is 10.7 Å². The zero-order valence-corrected chi connectivity index (χ0v) is 16.4. The molecule has 4 aliphatic rings. The lowest BCUT2D eigenvalue weighted by Crippen LogP contribution is -2.50. The first kappa shape index (κ1) is 17.5. The molecule has 4 saturated carbocycles. The van der Waals surface area contributed by atoms with Gasteiger partial charge in [-0.2, -0.15) is 0 Å². The van der Waals surface area contributed by atoms with Crippen LogP contribution in [-0.4, -0.2) is 11.5 Å².